The summed E-state index contributed by atoms with van der Waals surface area (Å²) in [5, 5.41) is 2.85. The Morgan fingerprint density at radius 2 is 1.84 bits per heavy atom. The lowest BCUT2D eigenvalue weighted by atomic mass is 9.74. The van der Waals surface area contributed by atoms with Crippen molar-refractivity contribution in [2.75, 3.05) is 31.3 Å². The highest BCUT2D eigenvalue weighted by atomic mass is 79.9. The van der Waals surface area contributed by atoms with Gasteiger partial charge in [0.25, 0.3) is 0 Å². The number of benzene rings is 1. The van der Waals surface area contributed by atoms with E-state index in [1.165, 1.54) is 0 Å². The fraction of sp³-hybridized carbons (Fsp3) is 0.611. The second-order valence-electron chi connectivity index (χ2n) is 7.12. The second-order valence-corrected chi connectivity index (χ2v) is 10.1. The number of ether oxygens (including phenoxy) is 1. The average molecular weight is 432 g/mol. The minimum atomic E-state index is -3.37. The Morgan fingerprint density at radius 1 is 1.24 bits per heavy atom. The summed E-state index contributed by atoms with van der Waals surface area (Å²) in [6.45, 7) is 5.36. The Morgan fingerprint density at radius 3 is 2.40 bits per heavy atom. The first-order chi connectivity index (χ1) is 11.7. The molecule has 0 atom stereocenters. The van der Waals surface area contributed by atoms with E-state index in [4.69, 9.17) is 4.74 Å². The molecule has 1 aromatic rings. The summed E-state index contributed by atoms with van der Waals surface area (Å²) in [7, 11) is -3.37. The van der Waals surface area contributed by atoms with Gasteiger partial charge < -0.3 is 10.1 Å². The van der Waals surface area contributed by atoms with Crippen LogP contribution < -0.4 is 5.32 Å². The third kappa shape index (κ3) is 6.08. The standard InChI is InChI=1S/C18H26BrNO4S/c1-14(2)11-25(22,23)12-17(21)20-13-18(7-9-24-10-8-18)15-3-5-16(19)6-4-15/h3-6,14H,7-13H2,1-2H3,(H,20,21). The summed E-state index contributed by atoms with van der Waals surface area (Å²) in [4.78, 5) is 12.2. The molecule has 0 spiro atoms. The van der Waals surface area contributed by atoms with Gasteiger partial charge in [-0.1, -0.05) is 41.9 Å². The quantitative estimate of drug-likeness (QED) is 0.719. The third-order valence-electron chi connectivity index (χ3n) is 4.47. The fourth-order valence-corrected chi connectivity index (χ4v) is 5.12. The van der Waals surface area contributed by atoms with Gasteiger partial charge in [-0.25, -0.2) is 8.42 Å². The van der Waals surface area contributed by atoms with Gasteiger partial charge in [0, 0.05) is 29.6 Å². The van der Waals surface area contributed by atoms with Gasteiger partial charge in [-0.15, -0.1) is 0 Å². The van der Waals surface area contributed by atoms with Crippen LogP contribution in [0.1, 0.15) is 32.3 Å². The van der Waals surface area contributed by atoms with Gasteiger partial charge in [-0.05, 0) is 36.5 Å². The van der Waals surface area contributed by atoms with Crippen LogP contribution in [0.2, 0.25) is 0 Å². The number of hydrogen-bond donors (Lipinski definition) is 1. The van der Waals surface area contributed by atoms with E-state index in [0.29, 0.717) is 19.8 Å². The molecule has 0 saturated carbocycles. The molecule has 7 heteroatoms. The number of sulfone groups is 1. The van der Waals surface area contributed by atoms with E-state index in [1.807, 2.05) is 26.0 Å². The Bertz CT molecular complexity index is 680. The largest absolute Gasteiger partial charge is 0.381 e. The van der Waals surface area contributed by atoms with E-state index in [-0.39, 0.29) is 17.1 Å². The van der Waals surface area contributed by atoms with Gasteiger partial charge in [-0.2, -0.15) is 0 Å². The maximum atomic E-state index is 12.2. The highest BCUT2D eigenvalue weighted by molar-refractivity contribution is 9.10. The molecule has 1 heterocycles. The molecule has 5 nitrogen and oxygen atoms in total. The van der Waals surface area contributed by atoms with Crippen molar-refractivity contribution < 1.29 is 17.9 Å². The Hall–Kier alpha value is -0.920. The predicted octanol–water partition coefficient (Wildman–Crippen LogP) is 2.68. The lowest BCUT2D eigenvalue weighted by Gasteiger charge is -2.38. The molecule has 0 aromatic heterocycles. The van der Waals surface area contributed by atoms with Crippen molar-refractivity contribution in [3.8, 4) is 0 Å². The van der Waals surface area contributed by atoms with Crippen molar-refractivity contribution in [3.63, 3.8) is 0 Å². The molecule has 25 heavy (non-hydrogen) atoms. The van der Waals surface area contributed by atoms with Crippen LogP contribution in [0.15, 0.2) is 28.7 Å². The molecule has 0 aliphatic carbocycles. The zero-order valence-corrected chi connectivity index (χ0v) is 17.2. The molecule has 0 bridgehead atoms. The fourth-order valence-electron chi connectivity index (χ4n) is 3.22. The molecular formula is C18H26BrNO4S. The van der Waals surface area contributed by atoms with E-state index in [2.05, 4.69) is 33.4 Å². The van der Waals surface area contributed by atoms with Crippen LogP contribution >= 0.6 is 15.9 Å². The first-order valence-electron chi connectivity index (χ1n) is 8.53. The highest BCUT2D eigenvalue weighted by Crippen LogP contribution is 2.34. The summed E-state index contributed by atoms with van der Waals surface area (Å²) in [6, 6.07) is 8.08. The van der Waals surface area contributed by atoms with Crippen molar-refractivity contribution in [1.82, 2.24) is 5.32 Å². The van der Waals surface area contributed by atoms with Gasteiger partial charge in [0.2, 0.25) is 5.91 Å². The van der Waals surface area contributed by atoms with Crippen LogP contribution in [0.4, 0.5) is 0 Å². The minimum absolute atomic E-state index is 0.0161. The van der Waals surface area contributed by atoms with Gasteiger partial charge >= 0.3 is 0 Å². The van der Waals surface area contributed by atoms with Crippen LogP contribution in [0.5, 0.6) is 0 Å². The molecule has 0 unspecified atom stereocenters. The molecule has 0 radical (unpaired) electrons. The Balaban J connectivity index is 2.05. The number of halogens is 1. The maximum Gasteiger partial charge on any atom is 0.235 e. The van der Waals surface area contributed by atoms with Crippen LogP contribution in [0.3, 0.4) is 0 Å². The normalized spacial score (nSPS) is 17.4. The molecule has 1 fully saturated rings. The monoisotopic (exact) mass is 431 g/mol. The number of rotatable bonds is 7. The molecule has 1 N–H and O–H groups in total. The molecule has 1 saturated heterocycles. The first-order valence-corrected chi connectivity index (χ1v) is 11.1. The maximum absolute atomic E-state index is 12.2. The van der Waals surface area contributed by atoms with Crippen LogP contribution in [0.25, 0.3) is 0 Å². The summed E-state index contributed by atoms with van der Waals surface area (Å²) in [5.41, 5.74) is 0.931. The van der Waals surface area contributed by atoms with Gasteiger partial charge in [0.05, 0.1) is 5.75 Å². The number of hydrogen-bond acceptors (Lipinski definition) is 4. The number of nitrogens with one attached hydrogen (secondary N) is 1. The Kier molecular flexibility index (Phi) is 7.05. The summed E-state index contributed by atoms with van der Waals surface area (Å²) < 4.78 is 30.5. The Labute approximate surface area is 158 Å². The molecule has 1 amide bonds. The SMILES string of the molecule is CC(C)CS(=O)(=O)CC(=O)NCC1(c2ccc(Br)cc2)CCOCC1. The topological polar surface area (TPSA) is 72.5 Å². The van der Waals surface area contributed by atoms with E-state index in [0.717, 1.165) is 22.9 Å². The van der Waals surface area contributed by atoms with Crippen molar-refractivity contribution in [2.24, 2.45) is 5.92 Å². The zero-order valence-electron chi connectivity index (χ0n) is 14.8. The molecule has 1 aromatic carbocycles. The van der Waals surface area contributed by atoms with Crippen LogP contribution in [-0.4, -0.2) is 45.6 Å². The van der Waals surface area contributed by atoms with Crippen molar-refractivity contribution >= 4 is 31.7 Å². The number of amides is 1. The smallest absolute Gasteiger partial charge is 0.235 e. The van der Waals surface area contributed by atoms with E-state index >= 15 is 0 Å². The van der Waals surface area contributed by atoms with Crippen LogP contribution in [0, 0.1) is 5.92 Å². The summed E-state index contributed by atoms with van der Waals surface area (Å²) >= 11 is 3.44. The summed E-state index contributed by atoms with van der Waals surface area (Å²) in [6.07, 6.45) is 1.60. The van der Waals surface area contributed by atoms with Crippen molar-refractivity contribution in [1.29, 1.82) is 0 Å². The lowest BCUT2D eigenvalue weighted by molar-refractivity contribution is -0.119. The van der Waals surface area contributed by atoms with Gasteiger partial charge in [0.15, 0.2) is 9.84 Å². The predicted molar refractivity (Wildman–Crippen MR) is 102 cm³/mol. The molecule has 2 rings (SSSR count). The minimum Gasteiger partial charge on any atom is -0.381 e. The third-order valence-corrected chi connectivity index (χ3v) is 6.87. The molecule has 1 aliphatic rings. The average Bonchev–Trinajstić information content (AvgIpc) is 2.53. The van der Waals surface area contributed by atoms with Crippen molar-refractivity contribution in [3.05, 3.63) is 34.3 Å². The zero-order chi connectivity index (χ0) is 18.5. The van der Waals surface area contributed by atoms with Gasteiger partial charge in [-0.3, -0.25) is 4.79 Å². The second kappa shape index (κ2) is 8.64. The molecule has 1 aliphatic heterocycles. The number of carbonyl (C=O) groups excluding carboxylic acids is 1. The van der Waals surface area contributed by atoms with Crippen molar-refractivity contribution in [2.45, 2.75) is 32.1 Å². The number of carbonyl (C=O) groups is 1. The molecule has 140 valence electrons. The lowest BCUT2D eigenvalue weighted by Crippen LogP contribution is -2.46. The van der Waals surface area contributed by atoms with E-state index < -0.39 is 21.5 Å². The highest BCUT2D eigenvalue weighted by Gasteiger charge is 2.35. The van der Waals surface area contributed by atoms with E-state index in [9.17, 15) is 13.2 Å². The first kappa shape index (κ1) is 20.4. The van der Waals surface area contributed by atoms with Crippen LogP contribution in [-0.2, 0) is 24.8 Å². The summed E-state index contributed by atoms with van der Waals surface area (Å²) in [5.74, 6) is -0.824. The molecular weight excluding hydrogens is 406 g/mol. The van der Waals surface area contributed by atoms with E-state index in [1.54, 1.807) is 0 Å². The van der Waals surface area contributed by atoms with Gasteiger partial charge in [0.1, 0.15) is 5.75 Å².